The summed E-state index contributed by atoms with van der Waals surface area (Å²) in [4.78, 5) is 1.97. The Kier molecular flexibility index (Phi) is 5.27. The lowest BCUT2D eigenvalue weighted by atomic mass is 9.76. The van der Waals surface area contributed by atoms with Crippen molar-refractivity contribution in [2.24, 2.45) is 0 Å². The van der Waals surface area contributed by atoms with Crippen molar-refractivity contribution in [2.45, 2.75) is 31.3 Å². The second-order valence-corrected chi connectivity index (χ2v) is 5.24. The van der Waals surface area contributed by atoms with Crippen molar-refractivity contribution in [1.82, 2.24) is 4.90 Å². The summed E-state index contributed by atoms with van der Waals surface area (Å²) >= 11 is 0. The minimum absolute atomic E-state index is 0. The maximum absolute atomic E-state index is 11.0. The van der Waals surface area contributed by atoms with E-state index in [0.717, 1.165) is 36.8 Å². The third-order valence-corrected chi connectivity index (χ3v) is 3.50. The van der Waals surface area contributed by atoms with E-state index in [2.05, 4.69) is 0 Å². The molecule has 3 nitrogen and oxygen atoms in total. The maximum Gasteiger partial charge on any atom is 0.115 e. The Balaban J connectivity index is 0.00000180. The molecule has 1 aromatic rings. The van der Waals surface area contributed by atoms with Gasteiger partial charge in [0.1, 0.15) is 11.4 Å². The van der Waals surface area contributed by atoms with Crippen molar-refractivity contribution in [3.63, 3.8) is 0 Å². The minimum atomic E-state index is -0.929. The Labute approximate surface area is 121 Å². The number of nitrogens with zero attached hydrogens (tertiary/aromatic N) is 1. The molecule has 2 rings (SSSR count). The molecule has 1 aromatic carbocycles. The van der Waals surface area contributed by atoms with Crippen molar-refractivity contribution >= 4 is 12.4 Å². The van der Waals surface area contributed by atoms with Gasteiger partial charge in [0.05, 0.1) is 0 Å². The van der Waals surface area contributed by atoms with Crippen LogP contribution in [0, 0.1) is 0 Å². The van der Waals surface area contributed by atoms with E-state index in [1.54, 1.807) is 18.2 Å². The minimum Gasteiger partial charge on any atom is -0.508 e. The van der Waals surface area contributed by atoms with Crippen LogP contribution in [0.5, 0.6) is 5.75 Å². The lowest BCUT2D eigenvalue weighted by Crippen LogP contribution is -2.32. The number of benzene rings is 1. The molecular weight excluding hydrogens is 262 g/mol. The molecule has 0 aromatic heterocycles. The first-order valence-corrected chi connectivity index (χ1v) is 6.42. The van der Waals surface area contributed by atoms with E-state index >= 15 is 0 Å². The van der Waals surface area contributed by atoms with Crippen LogP contribution < -0.4 is 0 Å². The number of aromatic hydroxyl groups is 1. The van der Waals surface area contributed by atoms with Gasteiger partial charge in [-0.15, -0.1) is 12.4 Å². The standard InChI is InChI=1S/C15H21NO2.ClH/c1-16(2)11-13-6-3-4-9-15(13,18)12-7-5-8-14(17)10-12;/h5,7-8,10-11,17-18H,3-4,6,9H2,1-2H3;1H/t15-;/m1./s1. The Morgan fingerprint density at radius 3 is 2.63 bits per heavy atom. The van der Waals surface area contributed by atoms with Gasteiger partial charge in [-0.2, -0.15) is 0 Å². The van der Waals surface area contributed by atoms with Gasteiger partial charge in [-0.3, -0.25) is 0 Å². The van der Waals surface area contributed by atoms with Gasteiger partial charge in [-0.25, -0.2) is 0 Å². The highest BCUT2D eigenvalue weighted by Gasteiger charge is 2.36. The van der Waals surface area contributed by atoms with Crippen LogP contribution >= 0.6 is 12.4 Å². The summed E-state index contributed by atoms with van der Waals surface area (Å²) in [5, 5.41) is 20.6. The smallest absolute Gasteiger partial charge is 0.115 e. The summed E-state index contributed by atoms with van der Waals surface area (Å²) in [6.07, 6.45) is 5.75. The van der Waals surface area contributed by atoms with Gasteiger partial charge in [0, 0.05) is 20.3 Å². The number of halogens is 1. The second kappa shape index (κ2) is 6.31. The van der Waals surface area contributed by atoms with E-state index in [4.69, 9.17) is 0 Å². The first-order valence-electron chi connectivity index (χ1n) is 6.42. The van der Waals surface area contributed by atoms with Crippen LogP contribution in [0.4, 0.5) is 0 Å². The lowest BCUT2D eigenvalue weighted by molar-refractivity contribution is 0.0468. The third-order valence-electron chi connectivity index (χ3n) is 3.50. The molecule has 0 aliphatic heterocycles. The zero-order valence-corrected chi connectivity index (χ0v) is 12.3. The van der Waals surface area contributed by atoms with Crippen LogP contribution in [0.3, 0.4) is 0 Å². The summed E-state index contributed by atoms with van der Waals surface area (Å²) in [5.74, 6) is 0.204. The quantitative estimate of drug-likeness (QED) is 0.877. The molecule has 2 N–H and O–H groups in total. The van der Waals surface area contributed by atoms with Crippen LogP contribution in [0.25, 0.3) is 0 Å². The molecule has 0 heterocycles. The average molecular weight is 284 g/mol. The number of rotatable bonds is 2. The van der Waals surface area contributed by atoms with Gasteiger partial charge < -0.3 is 15.1 Å². The fourth-order valence-electron chi connectivity index (χ4n) is 2.64. The molecule has 0 saturated heterocycles. The van der Waals surface area contributed by atoms with Crippen molar-refractivity contribution in [3.8, 4) is 5.75 Å². The summed E-state index contributed by atoms with van der Waals surface area (Å²) in [6, 6.07) is 6.96. The van der Waals surface area contributed by atoms with Crippen molar-refractivity contribution in [3.05, 3.63) is 41.6 Å². The van der Waals surface area contributed by atoms with Crippen LogP contribution in [0.1, 0.15) is 31.2 Å². The summed E-state index contributed by atoms with van der Waals surface area (Å²) < 4.78 is 0. The van der Waals surface area contributed by atoms with Crippen molar-refractivity contribution in [1.29, 1.82) is 0 Å². The van der Waals surface area contributed by atoms with Crippen molar-refractivity contribution < 1.29 is 10.2 Å². The van der Waals surface area contributed by atoms with Gasteiger partial charge in [0.15, 0.2) is 0 Å². The summed E-state index contributed by atoms with van der Waals surface area (Å²) in [6.45, 7) is 0. The molecule has 1 aliphatic carbocycles. The molecule has 4 heteroatoms. The number of phenols is 1. The highest BCUT2D eigenvalue weighted by molar-refractivity contribution is 5.85. The van der Waals surface area contributed by atoms with Crippen LogP contribution in [-0.4, -0.2) is 29.2 Å². The molecule has 0 bridgehead atoms. The lowest BCUT2D eigenvalue weighted by Gasteiger charge is -2.36. The molecule has 1 aliphatic rings. The number of phenolic OH excluding ortho intramolecular Hbond substituents is 1. The van der Waals surface area contributed by atoms with Gasteiger partial charge in [0.2, 0.25) is 0 Å². The molecule has 0 amide bonds. The molecule has 1 saturated carbocycles. The van der Waals surface area contributed by atoms with Gasteiger partial charge in [-0.05, 0) is 49.0 Å². The normalized spacial score (nSPS) is 24.9. The first kappa shape index (κ1) is 15.9. The fraction of sp³-hybridized carbons (Fsp3) is 0.467. The van der Waals surface area contributed by atoms with Gasteiger partial charge in [0.25, 0.3) is 0 Å². The van der Waals surface area contributed by atoms with E-state index in [1.165, 1.54) is 0 Å². The van der Waals surface area contributed by atoms with E-state index in [-0.39, 0.29) is 18.2 Å². The van der Waals surface area contributed by atoms with Crippen LogP contribution in [-0.2, 0) is 5.60 Å². The SMILES string of the molecule is CN(C)C=C1CCCC[C@@]1(O)c1cccc(O)c1.Cl. The highest BCUT2D eigenvalue weighted by atomic mass is 35.5. The highest BCUT2D eigenvalue weighted by Crippen LogP contribution is 2.42. The van der Waals surface area contributed by atoms with E-state index in [9.17, 15) is 10.2 Å². The van der Waals surface area contributed by atoms with E-state index in [0.29, 0.717) is 0 Å². The molecule has 0 spiro atoms. The summed E-state index contributed by atoms with van der Waals surface area (Å²) in [5.41, 5.74) is 0.890. The molecule has 0 radical (unpaired) electrons. The third kappa shape index (κ3) is 3.43. The van der Waals surface area contributed by atoms with E-state index < -0.39 is 5.60 Å². The van der Waals surface area contributed by atoms with E-state index in [1.807, 2.05) is 31.3 Å². The van der Waals surface area contributed by atoms with Gasteiger partial charge in [-0.1, -0.05) is 12.1 Å². The molecule has 1 atom stereocenters. The molecule has 19 heavy (non-hydrogen) atoms. The molecular formula is C15H22ClNO2. The average Bonchev–Trinajstić information content (AvgIpc) is 2.32. The van der Waals surface area contributed by atoms with Crippen LogP contribution in [0.15, 0.2) is 36.0 Å². The first-order chi connectivity index (χ1) is 8.52. The zero-order valence-electron chi connectivity index (χ0n) is 11.5. The molecule has 1 fully saturated rings. The largest absolute Gasteiger partial charge is 0.508 e. The van der Waals surface area contributed by atoms with Gasteiger partial charge >= 0.3 is 0 Å². The van der Waals surface area contributed by atoms with Crippen molar-refractivity contribution in [2.75, 3.05) is 14.1 Å². The summed E-state index contributed by atoms with van der Waals surface area (Å²) in [7, 11) is 3.93. The monoisotopic (exact) mass is 283 g/mol. The molecule has 0 unspecified atom stereocenters. The Hall–Kier alpha value is -1.19. The predicted molar refractivity (Wildman–Crippen MR) is 79.5 cm³/mol. The predicted octanol–water partition coefficient (Wildman–Crippen LogP) is 3.02. The number of hydrogen-bond donors (Lipinski definition) is 2. The Morgan fingerprint density at radius 2 is 2.00 bits per heavy atom. The second-order valence-electron chi connectivity index (χ2n) is 5.24. The van der Waals surface area contributed by atoms with Crippen LogP contribution in [0.2, 0.25) is 0 Å². The number of aliphatic hydroxyl groups is 1. The number of hydrogen-bond acceptors (Lipinski definition) is 3. The molecule has 106 valence electrons. The topological polar surface area (TPSA) is 43.7 Å². The zero-order chi connectivity index (χ0) is 13.2. The Bertz CT molecular complexity index is 459. The Morgan fingerprint density at radius 1 is 1.26 bits per heavy atom. The maximum atomic E-state index is 11.0. The fourth-order valence-corrected chi connectivity index (χ4v) is 2.64.